The average Bonchev–Trinajstić information content (AvgIpc) is 2.90. The molecule has 19 heavy (non-hydrogen) atoms. The van der Waals surface area contributed by atoms with Crippen molar-refractivity contribution >= 4 is 0 Å². The van der Waals surface area contributed by atoms with E-state index in [0.717, 1.165) is 26.2 Å². The largest absolute Gasteiger partial charge is 0.333 e. The highest BCUT2D eigenvalue weighted by Crippen LogP contribution is 2.50. The van der Waals surface area contributed by atoms with E-state index >= 15 is 0 Å². The summed E-state index contributed by atoms with van der Waals surface area (Å²) in [6.07, 6.45) is 6.48. The molecule has 1 fully saturated rings. The van der Waals surface area contributed by atoms with Gasteiger partial charge in [0.05, 0.1) is 6.54 Å². The second-order valence-corrected chi connectivity index (χ2v) is 7.21. The van der Waals surface area contributed by atoms with Crippen LogP contribution in [0.5, 0.6) is 0 Å². The van der Waals surface area contributed by atoms with E-state index in [9.17, 15) is 0 Å². The van der Waals surface area contributed by atoms with Crippen molar-refractivity contribution in [1.29, 1.82) is 0 Å². The predicted octanol–water partition coefficient (Wildman–Crippen LogP) is 1.85. The Labute approximate surface area is 116 Å². The van der Waals surface area contributed by atoms with Gasteiger partial charge in [-0.3, -0.25) is 4.90 Å². The summed E-state index contributed by atoms with van der Waals surface area (Å²) in [6.45, 7) is 11.0. The van der Waals surface area contributed by atoms with Gasteiger partial charge in [-0.05, 0) is 24.2 Å². The van der Waals surface area contributed by atoms with Crippen molar-refractivity contribution in [3.63, 3.8) is 0 Å². The van der Waals surface area contributed by atoms with Crippen molar-refractivity contribution in [3.8, 4) is 0 Å². The lowest BCUT2D eigenvalue weighted by Gasteiger charge is -2.46. The molecule has 2 heterocycles. The minimum Gasteiger partial charge on any atom is -0.333 e. The number of fused-ring (bicyclic) bond motifs is 1. The third-order valence-corrected chi connectivity index (χ3v) is 5.29. The zero-order chi connectivity index (χ0) is 13.7. The van der Waals surface area contributed by atoms with Crippen LogP contribution in [0.2, 0.25) is 0 Å². The molecule has 4 nitrogen and oxygen atoms in total. The fourth-order valence-electron chi connectivity index (χ4n) is 4.47. The van der Waals surface area contributed by atoms with Crippen molar-refractivity contribution in [2.24, 2.45) is 17.1 Å². The third-order valence-electron chi connectivity index (χ3n) is 5.29. The normalized spacial score (nSPS) is 34.4. The molecule has 2 unspecified atom stereocenters. The first kappa shape index (κ1) is 13.1. The number of hydrogen-bond acceptors (Lipinski definition) is 3. The van der Waals surface area contributed by atoms with Crippen LogP contribution < -0.4 is 5.73 Å². The predicted molar refractivity (Wildman–Crippen MR) is 76.6 cm³/mol. The summed E-state index contributed by atoms with van der Waals surface area (Å²) in [7, 11) is 0. The van der Waals surface area contributed by atoms with Gasteiger partial charge >= 0.3 is 0 Å². The molecule has 1 aromatic rings. The summed E-state index contributed by atoms with van der Waals surface area (Å²) in [5.74, 6) is 1.85. The number of hydrogen-bond donors (Lipinski definition) is 1. The first-order chi connectivity index (χ1) is 8.97. The maximum Gasteiger partial charge on any atom is 0.122 e. The summed E-state index contributed by atoms with van der Waals surface area (Å²) < 4.78 is 2.27. The van der Waals surface area contributed by atoms with Crippen LogP contribution in [0.1, 0.15) is 39.4 Å². The average molecular weight is 262 g/mol. The van der Waals surface area contributed by atoms with Gasteiger partial charge in [0.15, 0.2) is 0 Å². The van der Waals surface area contributed by atoms with Crippen molar-refractivity contribution < 1.29 is 0 Å². The van der Waals surface area contributed by atoms with Crippen LogP contribution in [0.4, 0.5) is 0 Å². The maximum absolute atomic E-state index is 6.24. The van der Waals surface area contributed by atoms with Crippen molar-refractivity contribution in [3.05, 3.63) is 18.2 Å². The quantitative estimate of drug-likeness (QED) is 0.885. The van der Waals surface area contributed by atoms with Gasteiger partial charge in [0.25, 0.3) is 0 Å². The molecule has 2 N–H and O–H groups in total. The van der Waals surface area contributed by atoms with Gasteiger partial charge in [-0.25, -0.2) is 4.98 Å². The van der Waals surface area contributed by atoms with Gasteiger partial charge in [-0.15, -0.1) is 0 Å². The molecule has 0 spiro atoms. The molecular formula is C15H26N4. The lowest BCUT2D eigenvalue weighted by atomic mass is 9.84. The van der Waals surface area contributed by atoms with Crippen LogP contribution in [-0.2, 0) is 13.1 Å². The minimum absolute atomic E-state index is 0.167. The lowest BCUT2D eigenvalue weighted by Crippen LogP contribution is -2.57. The fraction of sp³-hybridized carbons (Fsp3) is 0.800. The molecule has 1 aromatic heterocycles. The van der Waals surface area contributed by atoms with E-state index in [1.165, 1.54) is 18.7 Å². The highest BCUT2D eigenvalue weighted by atomic mass is 15.3. The second kappa shape index (κ2) is 4.32. The van der Waals surface area contributed by atoms with E-state index < -0.39 is 0 Å². The minimum atomic E-state index is 0.167. The van der Waals surface area contributed by atoms with Crippen LogP contribution in [0.3, 0.4) is 0 Å². The molecule has 2 atom stereocenters. The van der Waals surface area contributed by atoms with Crippen LogP contribution in [-0.4, -0.2) is 33.1 Å². The molecular weight excluding hydrogens is 236 g/mol. The number of aromatic nitrogens is 2. The van der Waals surface area contributed by atoms with E-state index in [4.69, 9.17) is 5.73 Å². The van der Waals surface area contributed by atoms with E-state index in [1.807, 2.05) is 6.20 Å². The van der Waals surface area contributed by atoms with Crippen LogP contribution in [0, 0.1) is 11.3 Å². The van der Waals surface area contributed by atoms with E-state index in [2.05, 4.69) is 41.4 Å². The van der Waals surface area contributed by atoms with Gasteiger partial charge in [0.2, 0.25) is 0 Å². The van der Waals surface area contributed by atoms with Crippen LogP contribution >= 0.6 is 0 Å². The summed E-state index contributed by atoms with van der Waals surface area (Å²) in [5, 5.41) is 0. The zero-order valence-electron chi connectivity index (χ0n) is 12.4. The van der Waals surface area contributed by atoms with E-state index in [-0.39, 0.29) is 5.54 Å². The Morgan fingerprint density at radius 1 is 1.42 bits per heavy atom. The summed E-state index contributed by atoms with van der Waals surface area (Å²) in [5.41, 5.74) is 6.81. The molecule has 4 heteroatoms. The zero-order valence-corrected chi connectivity index (χ0v) is 12.4. The molecule has 0 radical (unpaired) electrons. The van der Waals surface area contributed by atoms with Gasteiger partial charge in [0.1, 0.15) is 5.82 Å². The Hall–Kier alpha value is -0.870. The molecule has 106 valence electrons. The maximum atomic E-state index is 6.24. The number of nitrogens with two attached hydrogens (primary N) is 1. The van der Waals surface area contributed by atoms with Crippen molar-refractivity contribution in [2.75, 3.05) is 13.1 Å². The Morgan fingerprint density at radius 2 is 2.21 bits per heavy atom. The van der Waals surface area contributed by atoms with Gasteiger partial charge in [-0.1, -0.05) is 20.8 Å². The van der Waals surface area contributed by atoms with Crippen molar-refractivity contribution in [1.82, 2.24) is 14.5 Å². The summed E-state index contributed by atoms with van der Waals surface area (Å²) in [4.78, 5) is 7.09. The van der Waals surface area contributed by atoms with Crippen molar-refractivity contribution in [2.45, 2.75) is 52.2 Å². The van der Waals surface area contributed by atoms with E-state index in [1.54, 1.807) is 0 Å². The third kappa shape index (κ3) is 2.01. The summed E-state index contributed by atoms with van der Waals surface area (Å²) >= 11 is 0. The van der Waals surface area contributed by atoms with E-state index in [0.29, 0.717) is 11.3 Å². The molecule has 0 aromatic carbocycles. The monoisotopic (exact) mass is 262 g/mol. The number of rotatable bonds is 2. The topological polar surface area (TPSA) is 47.1 Å². The Bertz CT molecular complexity index is 464. The van der Waals surface area contributed by atoms with Gasteiger partial charge in [0, 0.05) is 37.6 Å². The lowest BCUT2D eigenvalue weighted by molar-refractivity contribution is 0.0329. The SMILES string of the molecule is CC1CC(C)(C)CC1(CN)N1CCn2ccnc2C1. The Balaban J connectivity index is 1.88. The molecule has 1 aliphatic carbocycles. The van der Waals surface area contributed by atoms with Crippen LogP contribution in [0.25, 0.3) is 0 Å². The molecule has 1 aliphatic heterocycles. The highest BCUT2D eigenvalue weighted by molar-refractivity contribution is 5.09. The molecule has 0 bridgehead atoms. The number of nitrogens with zero attached hydrogens (tertiary/aromatic N) is 3. The van der Waals surface area contributed by atoms with Gasteiger partial charge < -0.3 is 10.3 Å². The summed E-state index contributed by atoms with van der Waals surface area (Å²) in [6, 6.07) is 0. The smallest absolute Gasteiger partial charge is 0.122 e. The molecule has 0 amide bonds. The standard InChI is InChI=1S/C15H26N4/c1-12-8-14(2,3)10-15(12,11-16)19-7-6-18-5-4-17-13(18)9-19/h4-5,12H,6-11,16H2,1-3H3. The van der Waals surface area contributed by atoms with Crippen LogP contribution in [0.15, 0.2) is 12.4 Å². The molecule has 2 aliphatic rings. The molecule has 3 rings (SSSR count). The highest BCUT2D eigenvalue weighted by Gasteiger charge is 2.51. The number of imidazole rings is 1. The Morgan fingerprint density at radius 3 is 2.84 bits per heavy atom. The second-order valence-electron chi connectivity index (χ2n) is 7.21. The first-order valence-corrected chi connectivity index (χ1v) is 7.42. The Kier molecular flexibility index (Phi) is 2.98. The molecule has 1 saturated carbocycles. The fourth-order valence-corrected chi connectivity index (χ4v) is 4.47. The van der Waals surface area contributed by atoms with Gasteiger partial charge in [-0.2, -0.15) is 0 Å². The first-order valence-electron chi connectivity index (χ1n) is 7.42. The molecule has 0 saturated heterocycles.